The first kappa shape index (κ1) is 11.3. The zero-order valence-corrected chi connectivity index (χ0v) is 9.95. The zero-order chi connectivity index (χ0) is 11.4. The Morgan fingerprint density at radius 2 is 2.06 bits per heavy atom. The van der Waals surface area contributed by atoms with Crippen LogP contribution in [0.5, 0.6) is 11.5 Å². The highest BCUT2D eigenvalue weighted by atomic mass is 16.6. The van der Waals surface area contributed by atoms with Crippen molar-refractivity contribution < 1.29 is 9.47 Å². The maximum atomic E-state index is 5.65. The Morgan fingerprint density at radius 3 is 2.88 bits per heavy atom. The van der Waals surface area contributed by atoms with E-state index in [1.807, 2.05) is 12.1 Å². The van der Waals surface area contributed by atoms with Crippen molar-refractivity contribution >= 4 is 0 Å². The summed E-state index contributed by atoms with van der Waals surface area (Å²) in [5.41, 5.74) is 1.18. The van der Waals surface area contributed by atoms with Crippen molar-refractivity contribution in [1.82, 2.24) is 5.32 Å². The van der Waals surface area contributed by atoms with Crippen LogP contribution in [0.3, 0.4) is 0 Å². The van der Waals surface area contributed by atoms with Crippen molar-refractivity contribution in [3.05, 3.63) is 23.8 Å². The van der Waals surface area contributed by atoms with Crippen molar-refractivity contribution in [3.63, 3.8) is 0 Å². The SMILES string of the molecule is CC(C)CNCc1cccc2c1OCCO2. The molecule has 0 saturated heterocycles. The fourth-order valence-electron chi connectivity index (χ4n) is 1.77. The van der Waals surface area contributed by atoms with Gasteiger partial charge in [-0.1, -0.05) is 26.0 Å². The summed E-state index contributed by atoms with van der Waals surface area (Å²) in [6.07, 6.45) is 0. The van der Waals surface area contributed by atoms with E-state index in [-0.39, 0.29) is 0 Å². The van der Waals surface area contributed by atoms with Gasteiger partial charge in [0.2, 0.25) is 0 Å². The summed E-state index contributed by atoms with van der Waals surface area (Å²) in [5.74, 6) is 2.44. The van der Waals surface area contributed by atoms with Crippen LogP contribution >= 0.6 is 0 Å². The first-order chi connectivity index (χ1) is 7.77. The second-order valence-corrected chi connectivity index (χ2v) is 4.47. The Hall–Kier alpha value is -1.22. The summed E-state index contributed by atoms with van der Waals surface area (Å²) in [5, 5.41) is 3.42. The van der Waals surface area contributed by atoms with E-state index in [0.717, 1.165) is 24.6 Å². The minimum absolute atomic E-state index is 0.647. The number of ether oxygens (including phenoxy) is 2. The molecule has 0 bridgehead atoms. The lowest BCUT2D eigenvalue weighted by atomic mass is 10.1. The standard InChI is InChI=1S/C13H19NO2/c1-10(2)8-14-9-11-4-3-5-12-13(11)16-7-6-15-12/h3-5,10,14H,6-9H2,1-2H3. The normalized spacial score (nSPS) is 14.2. The van der Waals surface area contributed by atoms with E-state index in [1.54, 1.807) is 0 Å². The minimum atomic E-state index is 0.647. The number of hydrogen-bond acceptors (Lipinski definition) is 3. The molecule has 0 aliphatic carbocycles. The molecule has 0 atom stereocenters. The van der Waals surface area contributed by atoms with Gasteiger partial charge in [-0.2, -0.15) is 0 Å². The third-order valence-electron chi connectivity index (χ3n) is 2.52. The molecule has 1 aliphatic rings. The molecule has 2 rings (SSSR count). The summed E-state index contributed by atoms with van der Waals surface area (Å²) >= 11 is 0. The fraction of sp³-hybridized carbons (Fsp3) is 0.538. The third-order valence-corrected chi connectivity index (χ3v) is 2.52. The van der Waals surface area contributed by atoms with Crippen LogP contribution in [0.15, 0.2) is 18.2 Å². The Kier molecular flexibility index (Phi) is 3.67. The first-order valence-corrected chi connectivity index (χ1v) is 5.85. The van der Waals surface area contributed by atoms with Crippen molar-refractivity contribution in [1.29, 1.82) is 0 Å². The number of para-hydroxylation sites is 1. The lowest BCUT2D eigenvalue weighted by molar-refractivity contribution is 0.169. The molecule has 3 heteroatoms. The predicted molar refractivity (Wildman–Crippen MR) is 64.0 cm³/mol. The highest BCUT2D eigenvalue weighted by Gasteiger charge is 2.14. The zero-order valence-electron chi connectivity index (χ0n) is 9.95. The van der Waals surface area contributed by atoms with Gasteiger partial charge in [-0.25, -0.2) is 0 Å². The highest BCUT2D eigenvalue weighted by Crippen LogP contribution is 2.33. The van der Waals surface area contributed by atoms with E-state index < -0.39 is 0 Å². The molecule has 0 fully saturated rings. The number of fused-ring (bicyclic) bond motifs is 1. The Morgan fingerprint density at radius 1 is 1.25 bits per heavy atom. The molecule has 88 valence electrons. The van der Waals surface area contributed by atoms with Crippen LogP contribution in [0.4, 0.5) is 0 Å². The average Bonchev–Trinajstić information content (AvgIpc) is 2.29. The van der Waals surface area contributed by atoms with Gasteiger partial charge >= 0.3 is 0 Å². The van der Waals surface area contributed by atoms with E-state index in [9.17, 15) is 0 Å². The molecule has 1 N–H and O–H groups in total. The summed E-state index contributed by atoms with van der Waals surface area (Å²) < 4.78 is 11.2. The molecule has 1 aliphatic heterocycles. The van der Waals surface area contributed by atoms with Crippen molar-refractivity contribution in [2.45, 2.75) is 20.4 Å². The van der Waals surface area contributed by atoms with Crippen LogP contribution in [0.2, 0.25) is 0 Å². The quantitative estimate of drug-likeness (QED) is 0.845. The molecule has 1 aromatic carbocycles. The number of benzene rings is 1. The number of nitrogens with one attached hydrogen (secondary N) is 1. The third kappa shape index (κ3) is 2.67. The largest absolute Gasteiger partial charge is 0.486 e. The topological polar surface area (TPSA) is 30.5 Å². The van der Waals surface area contributed by atoms with Crippen LogP contribution in [0.1, 0.15) is 19.4 Å². The molecule has 0 aromatic heterocycles. The maximum absolute atomic E-state index is 5.65. The van der Waals surface area contributed by atoms with Crippen LogP contribution in [0.25, 0.3) is 0 Å². The molecule has 0 unspecified atom stereocenters. The Bertz CT molecular complexity index is 350. The van der Waals surface area contributed by atoms with E-state index in [4.69, 9.17) is 9.47 Å². The summed E-state index contributed by atoms with van der Waals surface area (Å²) in [6, 6.07) is 6.06. The molecule has 0 amide bonds. The van der Waals surface area contributed by atoms with E-state index >= 15 is 0 Å². The second-order valence-electron chi connectivity index (χ2n) is 4.47. The van der Waals surface area contributed by atoms with Gasteiger partial charge in [-0.3, -0.25) is 0 Å². The van der Waals surface area contributed by atoms with E-state index in [1.165, 1.54) is 5.56 Å². The van der Waals surface area contributed by atoms with Gasteiger partial charge in [0.25, 0.3) is 0 Å². The smallest absolute Gasteiger partial charge is 0.165 e. The van der Waals surface area contributed by atoms with Gasteiger partial charge in [0.05, 0.1) is 0 Å². The maximum Gasteiger partial charge on any atom is 0.165 e. The van der Waals surface area contributed by atoms with Crippen LogP contribution < -0.4 is 14.8 Å². The van der Waals surface area contributed by atoms with Gasteiger partial charge in [0, 0.05) is 12.1 Å². The first-order valence-electron chi connectivity index (χ1n) is 5.85. The molecule has 0 radical (unpaired) electrons. The monoisotopic (exact) mass is 221 g/mol. The van der Waals surface area contributed by atoms with Crippen LogP contribution in [-0.2, 0) is 6.54 Å². The Balaban J connectivity index is 2.03. The summed E-state index contributed by atoms with van der Waals surface area (Å²) in [4.78, 5) is 0. The molecular formula is C13H19NO2. The summed E-state index contributed by atoms with van der Waals surface area (Å²) in [7, 11) is 0. The molecule has 16 heavy (non-hydrogen) atoms. The minimum Gasteiger partial charge on any atom is -0.486 e. The second kappa shape index (κ2) is 5.21. The number of hydrogen-bond donors (Lipinski definition) is 1. The van der Waals surface area contributed by atoms with Crippen molar-refractivity contribution in [3.8, 4) is 11.5 Å². The van der Waals surface area contributed by atoms with Crippen molar-refractivity contribution in [2.24, 2.45) is 5.92 Å². The molecule has 0 spiro atoms. The van der Waals surface area contributed by atoms with E-state index in [2.05, 4.69) is 25.2 Å². The highest BCUT2D eigenvalue weighted by molar-refractivity contribution is 5.47. The molecule has 0 saturated carbocycles. The van der Waals surface area contributed by atoms with Gasteiger partial charge in [-0.15, -0.1) is 0 Å². The van der Waals surface area contributed by atoms with E-state index in [0.29, 0.717) is 19.1 Å². The summed E-state index contributed by atoms with van der Waals surface area (Å²) in [6.45, 7) is 7.56. The van der Waals surface area contributed by atoms with Gasteiger partial charge in [-0.05, 0) is 18.5 Å². The molecule has 1 heterocycles. The van der Waals surface area contributed by atoms with Gasteiger partial charge < -0.3 is 14.8 Å². The average molecular weight is 221 g/mol. The van der Waals surface area contributed by atoms with Gasteiger partial charge in [0.15, 0.2) is 11.5 Å². The molecule has 1 aromatic rings. The lowest BCUT2D eigenvalue weighted by Gasteiger charge is -2.21. The molecule has 3 nitrogen and oxygen atoms in total. The van der Waals surface area contributed by atoms with Crippen LogP contribution in [0, 0.1) is 5.92 Å². The predicted octanol–water partition coefficient (Wildman–Crippen LogP) is 2.20. The number of rotatable bonds is 4. The fourth-order valence-corrected chi connectivity index (χ4v) is 1.77. The van der Waals surface area contributed by atoms with Crippen LogP contribution in [-0.4, -0.2) is 19.8 Å². The lowest BCUT2D eigenvalue weighted by Crippen LogP contribution is -2.21. The van der Waals surface area contributed by atoms with Gasteiger partial charge in [0.1, 0.15) is 13.2 Å². The Labute approximate surface area is 96.8 Å². The van der Waals surface area contributed by atoms with Crippen molar-refractivity contribution in [2.75, 3.05) is 19.8 Å². The molecular weight excluding hydrogens is 202 g/mol.